The summed E-state index contributed by atoms with van der Waals surface area (Å²) in [5.74, 6) is 0.473. The Bertz CT molecular complexity index is 375. The van der Waals surface area contributed by atoms with Crippen LogP contribution in [-0.4, -0.2) is 25.6 Å². The maximum Gasteiger partial charge on any atom is 0.188 e. The number of carbonyl (C=O) groups is 1. The summed E-state index contributed by atoms with van der Waals surface area (Å²) >= 11 is 5.92. The van der Waals surface area contributed by atoms with E-state index in [4.69, 9.17) is 21.1 Å². The lowest BCUT2D eigenvalue weighted by atomic mass is 10.1. The van der Waals surface area contributed by atoms with Gasteiger partial charge in [0, 0.05) is 5.56 Å². The van der Waals surface area contributed by atoms with E-state index in [9.17, 15) is 4.79 Å². The van der Waals surface area contributed by atoms with Crippen molar-refractivity contribution < 1.29 is 14.3 Å². The molecule has 88 valence electrons. The third-order valence-electron chi connectivity index (χ3n) is 2.02. The number of methoxy groups -OCH3 is 1. The first-order valence-electron chi connectivity index (χ1n) is 5.03. The minimum atomic E-state index is -0.0850. The lowest BCUT2D eigenvalue weighted by Gasteiger charge is -2.08. The zero-order valence-corrected chi connectivity index (χ0v) is 10.4. The number of ketones is 1. The monoisotopic (exact) mass is 242 g/mol. The van der Waals surface area contributed by atoms with Crippen molar-refractivity contribution in [1.82, 2.24) is 0 Å². The van der Waals surface area contributed by atoms with Crippen molar-refractivity contribution in [2.24, 2.45) is 0 Å². The molecule has 0 aliphatic carbocycles. The molecule has 0 saturated carbocycles. The van der Waals surface area contributed by atoms with Gasteiger partial charge in [0.05, 0.1) is 18.2 Å². The van der Waals surface area contributed by atoms with E-state index in [0.29, 0.717) is 16.3 Å². The Morgan fingerprint density at radius 3 is 2.62 bits per heavy atom. The van der Waals surface area contributed by atoms with E-state index in [1.807, 2.05) is 13.8 Å². The molecular formula is C12H15ClO3. The van der Waals surface area contributed by atoms with Gasteiger partial charge in [-0.3, -0.25) is 4.79 Å². The van der Waals surface area contributed by atoms with Crippen LogP contribution in [-0.2, 0) is 4.74 Å². The number of carbonyl (C=O) groups excluding carboxylic acids is 1. The van der Waals surface area contributed by atoms with Crippen molar-refractivity contribution in [3.8, 4) is 5.75 Å². The quantitative estimate of drug-likeness (QED) is 0.745. The van der Waals surface area contributed by atoms with Crippen LogP contribution in [0.25, 0.3) is 0 Å². The highest BCUT2D eigenvalue weighted by Gasteiger charge is 2.09. The molecular weight excluding hydrogens is 228 g/mol. The highest BCUT2D eigenvalue weighted by atomic mass is 35.5. The van der Waals surface area contributed by atoms with Gasteiger partial charge in [0.25, 0.3) is 0 Å². The second kappa shape index (κ2) is 5.87. The van der Waals surface area contributed by atoms with Crippen molar-refractivity contribution in [2.75, 3.05) is 13.7 Å². The van der Waals surface area contributed by atoms with Gasteiger partial charge in [-0.1, -0.05) is 11.6 Å². The Labute approximate surface area is 100 Å². The second-order valence-corrected chi connectivity index (χ2v) is 4.04. The lowest BCUT2D eigenvalue weighted by Crippen LogP contribution is -2.13. The average molecular weight is 243 g/mol. The normalized spacial score (nSPS) is 10.6. The summed E-state index contributed by atoms with van der Waals surface area (Å²) in [5, 5.41) is 0.429. The summed E-state index contributed by atoms with van der Waals surface area (Å²) in [5.41, 5.74) is 0.534. The Morgan fingerprint density at radius 2 is 2.12 bits per heavy atom. The molecule has 1 aromatic carbocycles. The molecule has 0 aliphatic heterocycles. The fraction of sp³-hybridized carbons (Fsp3) is 0.417. The molecule has 3 nitrogen and oxygen atoms in total. The van der Waals surface area contributed by atoms with Gasteiger partial charge in [0.2, 0.25) is 0 Å². The van der Waals surface area contributed by atoms with E-state index in [1.54, 1.807) is 18.2 Å². The minimum Gasteiger partial charge on any atom is -0.495 e. The fourth-order valence-electron chi connectivity index (χ4n) is 1.17. The first kappa shape index (κ1) is 13.0. The first-order chi connectivity index (χ1) is 7.54. The summed E-state index contributed by atoms with van der Waals surface area (Å²) in [4.78, 5) is 11.7. The van der Waals surface area contributed by atoms with Gasteiger partial charge in [-0.05, 0) is 32.0 Å². The molecule has 0 bridgehead atoms. The number of benzene rings is 1. The van der Waals surface area contributed by atoms with Crippen LogP contribution >= 0.6 is 11.6 Å². The van der Waals surface area contributed by atoms with E-state index >= 15 is 0 Å². The van der Waals surface area contributed by atoms with E-state index in [-0.39, 0.29) is 18.5 Å². The zero-order valence-electron chi connectivity index (χ0n) is 9.62. The van der Waals surface area contributed by atoms with Crippen LogP contribution in [0, 0.1) is 0 Å². The van der Waals surface area contributed by atoms with Crippen molar-refractivity contribution >= 4 is 17.4 Å². The molecule has 16 heavy (non-hydrogen) atoms. The van der Waals surface area contributed by atoms with Gasteiger partial charge in [0.1, 0.15) is 12.4 Å². The number of rotatable bonds is 5. The van der Waals surface area contributed by atoms with E-state index < -0.39 is 0 Å². The van der Waals surface area contributed by atoms with Crippen LogP contribution in [0.3, 0.4) is 0 Å². The zero-order chi connectivity index (χ0) is 12.1. The van der Waals surface area contributed by atoms with E-state index in [0.717, 1.165) is 0 Å². The molecule has 1 rings (SSSR count). The van der Waals surface area contributed by atoms with Gasteiger partial charge in [-0.25, -0.2) is 0 Å². The molecule has 0 atom stereocenters. The highest BCUT2D eigenvalue weighted by molar-refractivity contribution is 6.32. The third-order valence-corrected chi connectivity index (χ3v) is 2.32. The van der Waals surface area contributed by atoms with Gasteiger partial charge in [-0.2, -0.15) is 0 Å². The number of ether oxygens (including phenoxy) is 2. The molecule has 1 aromatic rings. The van der Waals surface area contributed by atoms with Gasteiger partial charge in [0.15, 0.2) is 5.78 Å². The van der Waals surface area contributed by atoms with Crippen LogP contribution in [0.4, 0.5) is 0 Å². The Morgan fingerprint density at radius 1 is 1.44 bits per heavy atom. The van der Waals surface area contributed by atoms with Crippen molar-refractivity contribution in [2.45, 2.75) is 20.0 Å². The Balaban J connectivity index is 2.73. The number of hydrogen-bond acceptors (Lipinski definition) is 3. The molecule has 0 aromatic heterocycles. The summed E-state index contributed by atoms with van der Waals surface area (Å²) in [6.07, 6.45) is 0.0395. The summed E-state index contributed by atoms with van der Waals surface area (Å²) < 4.78 is 10.2. The van der Waals surface area contributed by atoms with E-state index in [2.05, 4.69) is 0 Å². The smallest absolute Gasteiger partial charge is 0.188 e. The molecule has 0 amide bonds. The van der Waals surface area contributed by atoms with Crippen molar-refractivity contribution in [3.63, 3.8) is 0 Å². The predicted molar refractivity (Wildman–Crippen MR) is 63.4 cm³/mol. The van der Waals surface area contributed by atoms with Gasteiger partial charge < -0.3 is 9.47 Å². The first-order valence-corrected chi connectivity index (χ1v) is 5.40. The molecule has 0 fully saturated rings. The molecule has 4 heteroatoms. The average Bonchev–Trinajstić information content (AvgIpc) is 2.25. The molecule has 0 radical (unpaired) electrons. The predicted octanol–water partition coefficient (Wildman–Crippen LogP) is 2.96. The van der Waals surface area contributed by atoms with Crippen molar-refractivity contribution in [1.29, 1.82) is 0 Å². The topological polar surface area (TPSA) is 35.5 Å². The van der Waals surface area contributed by atoms with Gasteiger partial charge >= 0.3 is 0 Å². The summed E-state index contributed by atoms with van der Waals surface area (Å²) in [6.45, 7) is 3.84. The highest BCUT2D eigenvalue weighted by Crippen LogP contribution is 2.25. The fourth-order valence-corrected chi connectivity index (χ4v) is 1.42. The number of hydrogen-bond donors (Lipinski definition) is 0. The molecule has 0 unspecified atom stereocenters. The van der Waals surface area contributed by atoms with Crippen LogP contribution in [0.15, 0.2) is 18.2 Å². The molecule has 0 heterocycles. The van der Waals surface area contributed by atoms with Crippen LogP contribution in [0.5, 0.6) is 5.75 Å². The summed E-state index contributed by atoms with van der Waals surface area (Å²) in [7, 11) is 1.53. The minimum absolute atomic E-state index is 0.0395. The maximum atomic E-state index is 11.7. The number of Topliss-reactive ketones (excluding diaryl/α,β-unsaturated/α-hetero) is 1. The van der Waals surface area contributed by atoms with Crippen LogP contribution < -0.4 is 4.74 Å². The second-order valence-electron chi connectivity index (χ2n) is 3.63. The van der Waals surface area contributed by atoms with Crippen LogP contribution in [0.2, 0.25) is 5.02 Å². The SMILES string of the molecule is COc1ccc(C(=O)COC(C)C)cc1Cl. The van der Waals surface area contributed by atoms with Gasteiger partial charge in [-0.15, -0.1) is 0 Å². The Kier molecular flexibility index (Phi) is 4.77. The largest absolute Gasteiger partial charge is 0.495 e. The van der Waals surface area contributed by atoms with E-state index in [1.165, 1.54) is 7.11 Å². The number of halogens is 1. The molecule has 0 N–H and O–H groups in total. The molecule has 0 saturated heterocycles. The molecule has 0 spiro atoms. The van der Waals surface area contributed by atoms with Crippen molar-refractivity contribution in [3.05, 3.63) is 28.8 Å². The lowest BCUT2D eigenvalue weighted by molar-refractivity contribution is 0.0585. The standard InChI is InChI=1S/C12H15ClO3/c1-8(2)16-7-11(14)9-4-5-12(15-3)10(13)6-9/h4-6,8H,7H2,1-3H3. The third kappa shape index (κ3) is 3.51. The van der Waals surface area contributed by atoms with Crippen LogP contribution in [0.1, 0.15) is 24.2 Å². The maximum absolute atomic E-state index is 11.7. The molecule has 0 aliphatic rings. The Hall–Kier alpha value is -1.06. The summed E-state index contributed by atoms with van der Waals surface area (Å²) in [6, 6.07) is 4.94.